The molecule has 1 fully saturated rings. The molecule has 36 heavy (non-hydrogen) atoms. The highest BCUT2D eigenvalue weighted by Gasteiger charge is 2.34. The summed E-state index contributed by atoms with van der Waals surface area (Å²) >= 11 is 6.19. The van der Waals surface area contributed by atoms with Crippen molar-refractivity contribution in [2.45, 2.75) is 25.4 Å². The first-order chi connectivity index (χ1) is 17.5. The standard InChI is InChI=1S/C27H26ClN7O/c1-3-21-17-34(26-24-23(33(2)27(36)32-26)12-11-20(16-29)31-24)14-15-35(21)25(22-6-4-5-13-30-22)18-7-9-19(28)10-8-18/h4-13,21,25H,3,14-15,17H2,1-2H3. The summed E-state index contributed by atoms with van der Waals surface area (Å²) in [7, 11) is 1.67. The molecule has 9 heteroatoms. The summed E-state index contributed by atoms with van der Waals surface area (Å²) in [6, 6.07) is 19.6. The Balaban J connectivity index is 1.53. The van der Waals surface area contributed by atoms with E-state index < -0.39 is 0 Å². The minimum atomic E-state index is -0.341. The fraction of sp³-hybridized carbons (Fsp3) is 0.296. The lowest BCUT2D eigenvalue weighted by molar-refractivity contribution is 0.132. The monoisotopic (exact) mass is 499 g/mol. The number of nitriles is 1. The number of hydrogen-bond donors (Lipinski definition) is 0. The van der Waals surface area contributed by atoms with Gasteiger partial charge in [0.25, 0.3) is 0 Å². The van der Waals surface area contributed by atoms with Gasteiger partial charge in [-0.05, 0) is 48.4 Å². The summed E-state index contributed by atoms with van der Waals surface area (Å²) in [6.45, 7) is 4.22. The highest BCUT2D eigenvalue weighted by molar-refractivity contribution is 6.30. The Bertz CT molecular complexity index is 1480. The Morgan fingerprint density at radius 2 is 1.92 bits per heavy atom. The van der Waals surface area contributed by atoms with Crippen molar-refractivity contribution in [1.82, 2.24) is 24.4 Å². The minimum Gasteiger partial charge on any atom is -0.352 e. The number of hydrogen-bond acceptors (Lipinski definition) is 7. The maximum absolute atomic E-state index is 12.7. The Kier molecular flexibility index (Phi) is 6.68. The second-order valence-corrected chi connectivity index (χ2v) is 9.34. The van der Waals surface area contributed by atoms with Crippen molar-refractivity contribution in [2.75, 3.05) is 24.5 Å². The van der Waals surface area contributed by atoms with Gasteiger partial charge in [0.1, 0.15) is 17.3 Å². The third-order valence-electron chi connectivity index (χ3n) is 6.83. The highest BCUT2D eigenvalue weighted by Crippen LogP contribution is 2.34. The number of halogens is 1. The van der Waals surface area contributed by atoms with Gasteiger partial charge in [-0.25, -0.2) is 9.78 Å². The number of pyridine rings is 2. The minimum absolute atomic E-state index is 0.0350. The average Bonchev–Trinajstić information content (AvgIpc) is 2.92. The van der Waals surface area contributed by atoms with Crippen molar-refractivity contribution in [2.24, 2.45) is 7.05 Å². The van der Waals surface area contributed by atoms with Gasteiger partial charge < -0.3 is 4.90 Å². The van der Waals surface area contributed by atoms with E-state index in [0.717, 1.165) is 24.2 Å². The molecule has 1 aromatic carbocycles. The lowest BCUT2D eigenvalue weighted by Gasteiger charge is -2.45. The van der Waals surface area contributed by atoms with E-state index in [1.165, 1.54) is 4.57 Å². The topological polar surface area (TPSA) is 90.9 Å². The van der Waals surface area contributed by atoms with Gasteiger partial charge in [0.2, 0.25) is 0 Å². The first-order valence-corrected chi connectivity index (χ1v) is 12.3. The van der Waals surface area contributed by atoms with Crippen LogP contribution in [0.25, 0.3) is 11.0 Å². The smallest absolute Gasteiger partial charge is 0.349 e. The molecule has 2 atom stereocenters. The van der Waals surface area contributed by atoms with Crippen LogP contribution in [0.2, 0.25) is 5.02 Å². The maximum Gasteiger partial charge on any atom is 0.349 e. The molecule has 0 radical (unpaired) electrons. The molecule has 0 saturated carbocycles. The second kappa shape index (κ2) is 10.1. The van der Waals surface area contributed by atoms with Crippen LogP contribution >= 0.6 is 11.6 Å². The highest BCUT2D eigenvalue weighted by atomic mass is 35.5. The van der Waals surface area contributed by atoms with Crippen LogP contribution in [0, 0.1) is 11.3 Å². The molecule has 8 nitrogen and oxygen atoms in total. The van der Waals surface area contributed by atoms with Crippen molar-refractivity contribution in [3.63, 3.8) is 0 Å². The van der Waals surface area contributed by atoms with Gasteiger partial charge in [0.15, 0.2) is 5.82 Å². The first kappa shape index (κ1) is 23.9. The summed E-state index contributed by atoms with van der Waals surface area (Å²) in [5.74, 6) is 0.532. The first-order valence-electron chi connectivity index (χ1n) is 11.9. The average molecular weight is 500 g/mol. The lowest BCUT2D eigenvalue weighted by Crippen LogP contribution is -2.54. The lowest BCUT2D eigenvalue weighted by atomic mass is 9.97. The van der Waals surface area contributed by atoms with Crippen LogP contribution in [0.3, 0.4) is 0 Å². The quantitative estimate of drug-likeness (QED) is 0.410. The van der Waals surface area contributed by atoms with Gasteiger partial charge in [-0.1, -0.05) is 36.7 Å². The van der Waals surface area contributed by atoms with Gasteiger partial charge in [0.05, 0.1) is 17.3 Å². The van der Waals surface area contributed by atoms with Crippen LogP contribution in [0.4, 0.5) is 5.82 Å². The van der Waals surface area contributed by atoms with Gasteiger partial charge in [-0.3, -0.25) is 14.5 Å². The summed E-state index contributed by atoms with van der Waals surface area (Å²) in [6.07, 6.45) is 2.72. The van der Waals surface area contributed by atoms with Gasteiger partial charge in [-0.2, -0.15) is 10.2 Å². The Hall–Kier alpha value is -3.80. The summed E-state index contributed by atoms with van der Waals surface area (Å²) in [5, 5.41) is 10.1. The van der Waals surface area contributed by atoms with Crippen LogP contribution in [0.15, 0.2) is 65.6 Å². The Morgan fingerprint density at radius 3 is 2.61 bits per heavy atom. The molecular formula is C27H26ClN7O. The molecule has 1 aliphatic rings. The van der Waals surface area contributed by atoms with E-state index in [1.807, 2.05) is 30.5 Å². The van der Waals surface area contributed by atoms with Crippen molar-refractivity contribution in [3.05, 3.63) is 93.3 Å². The molecule has 0 amide bonds. The van der Waals surface area contributed by atoms with Crippen LogP contribution in [0.1, 0.15) is 36.3 Å². The number of aromatic nitrogens is 4. The van der Waals surface area contributed by atoms with E-state index in [4.69, 9.17) is 16.6 Å². The molecular weight excluding hydrogens is 474 g/mol. The summed E-state index contributed by atoms with van der Waals surface area (Å²) < 4.78 is 1.47. The molecule has 4 heterocycles. The summed E-state index contributed by atoms with van der Waals surface area (Å²) in [5.41, 5.74) is 3.29. The van der Waals surface area contributed by atoms with Crippen molar-refractivity contribution < 1.29 is 0 Å². The number of piperazine rings is 1. The van der Waals surface area contributed by atoms with Gasteiger partial charge in [0, 0.05) is 43.9 Å². The summed E-state index contributed by atoms with van der Waals surface area (Å²) in [4.78, 5) is 30.9. The number of nitrogens with zero attached hydrogens (tertiary/aromatic N) is 7. The number of anilines is 1. The molecule has 182 valence electrons. The SMILES string of the molecule is CCC1CN(c2nc(=O)n(C)c3ccc(C#N)nc23)CCN1C(c1ccc(Cl)cc1)c1ccccn1. The third-order valence-corrected chi connectivity index (χ3v) is 7.09. The fourth-order valence-electron chi connectivity index (χ4n) is 4.97. The normalized spacial score (nSPS) is 17.2. The second-order valence-electron chi connectivity index (χ2n) is 8.91. The van der Waals surface area contributed by atoms with Crippen molar-refractivity contribution in [1.29, 1.82) is 5.26 Å². The zero-order chi connectivity index (χ0) is 25.2. The van der Waals surface area contributed by atoms with E-state index in [0.29, 0.717) is 40.7 Å². The number of rotatable bonds is 5. The maximum atomic E-state index is 12.7. The predicted molar refractivity (Wildman–Crippen MR) is 140 cm³/mol. The Morgan fingerprint density at radius 1 is 1.11 bits per heavy atom. The number of fused-ring (bicyclic) bond motifs is 1. The molecule has 0 bridgehead atoms. The zero-order valence-corrected chi connectivity index (χ0v) is 20.9. The molecule has 4 aromatic rings. The molecule has 3 aromatic heterocycles. The van der Waals surface area contributed by atoms with E-state index in [2.05, 4.69) is 51.0 Å². The molecule has 2 unspecified atom stereocenters. The van der Waals surface area contributed by atoms with Gasteiger partial charge in [-0.15, -0.1) is 0 Å². The fourth-order valence-corrected chi connectivity index (χ4v) is 5.10. The van der Waals surface area contributed by atoms with Crippen molar-refractivity contribution in [3.8, 4) is 6.07 Å². The molecule has 0 aliphatic carbocycles. The predicted octanol–water partition coefficient (Wildman–Crippen LogP) is 3.94. The molecule has 1 aliphatic heterocycles. The molecule has 5 rings (SSSR count). The van der Waals surface area contributed by atoms with E-state index in [9.17, 15) is 10.1 Å². The van der Waals surface area contributed by atoms with Crippen molar-refractivity contribution >= 4 is 28.5 Å². The molecule has 1 saturated heterocycles. The zero-order valence-electron chi connectivity index (χ0n) is 20.2. The van der Waals surface area contributed by atoms with E-state index >= 15 is 0 Å². The number of benzene rings is 1. The Labute approximate surface area is 214 Å². The van der Waals surface area contributed by atoms with E-state index in [-0.39, 0.29) is 17.8 Å². The van der Waals surface area contributed by atoms with Crippen LogP contribution in [0.5, 0.6) is 0 Å². The van der Waals surface area contributed by atoms with Crippen LogP contribution < -0.4 is 10.6 Å². The van der Waals surface area contributed by atoms with Crippen LogP contribution in [-0.2, 0) is 7.05 Å². The largest absolute Gasteiger partial charge is 0.352 e. The number of aryl methyl sites for hydroxylation is 1. The molecule has 0 N–H and O–H groups in total. The van der Waals surface area contributed by atoms with E-state index in [1.54, 1.807) is 19.2 Å². The van der Waals surface area contributed by atoms with Gasteiger partial charge >= 0.3 is 5.69 Å². The molecule has 0 spiro atoms. The third kappa shape index (κ3) is 4.43. The van der Waals surface area contributed by atoms with Crippen LogP contribution in [-0.4, -0.2) is 50.1 Å².